The Morgan fingerprint density at radius 2 is 2.00 bits per heavy atom. The molecule has 3 heteroatoms. The Labute approximate surface area is 134 Å². The number of fused-ring (bicyclic) bond motifs is 4. The average molecular weight is 303 g/mol. The Kier molecular flexibility index (Phi) is 2.66. The summed E-state index contributed by atoms with van der Waals surface area (Å²) < 4.78 is 13.2. The lowest BCUT2D eigenvalue weighted by Gasteiger charge is -2.56. The van der Waals surface area contributed by atoms with Gasteiger partial charge in [0.15, 0.2) is 0 Å². The quantitative estimate of drug-likeness (QED) is 0.642. The van der Waals surface area contributed by atoms with E-state index in [4.69, 9.17) is 9.47 Å². The van der Waals surface area contributed by atoms with Gasteiger partial charge in [-0.1, -0.05) is 32.4 Å². The van der Waals surface area contributed by atoms with Crippen molar-refractivity contribution in [2.75, 3.05) is 6.54 Å². The van der Waals surface area contributed by atoms with Crippen LogP contribution in [-0.2, 0) is 9.47 Å². The molecular weight excluding hydrogens is 274 g/mol. The molecule has 3 saturated heterocycles. The highest BCUT2D eigenvalue weighted by Crippen LogP contribution is 2.59. The van der Waals surface area contributed by atoms with Gasteiger partial charge < -0.3 is 9.47 Å². The van der Waals surface area contributed by atoms with E-state index in [-0.39, 0.29) is 17.4 Å². The summed E-state index contributed by atoms with van der Waals surface area (Å²) in [6.07, 6.45) is 9.59. The van der Waals surface area contributed by atoms with Crippen molar-refractivity contribution in [3.05, 3.63) is 12.2 Å². The van der Waals surface area contributed by atoms with E-state index in [1.165, 1.54) is 19.3 Å². The normalized spacial score (nSPS) is 58.5. The van der Waals surface area contributed by atoms with Gasteiger partial charge in [-0.15, -0.1) is 0 Å². The van der Waals surface area contributed by atoms with Crippen LogP contribution in [0.25, 0.3) is 0 Å². The van der Waals surface area contributed by atoms with Crippen LogP contribution in [0.2, 0.25) is 0 Å². The molecule has 5 aliphatic rings. The minimum atomic E-state index is -0.0644. The summed E-state index contributed by atoms with van der Waals surface area (Å²) in [4.78, 5) is 2.65. The van der Waals surface area contributed by atoms with E-state index in [2.05, 4.69) is 44.7 Å². The second-order valence-electron chi connectivity index (χ2n) is 9.15. The molecule has 4 heterocycles. The Hall–Kier alpha value is -0.380. The molecule has 0 aromatic heterocycles. The fourth-order valence-electron chi connectivity index (χ4n) is 6.33. The molecule has 8 atom stereocenters. The van der Waals surface area contributed by atoms with Crippen LogP contribution in [0.15, 0.2) is 12.2 Å². The Bertz CT molecular complexity index is 530. The molecule has 122 valence electrons. The van der Waals surface area contributed by atoms with E-state index in [0.29, 0.717) is 30.0 Å². The molecule has 1 spiro atoms. The molecule has 22 heavy (non-hydrogen) atoms. The third kappa shape index (κ3) is 1.53. The summed E-state index contributed by atoms with van der Waals surface area (Å²) in [6.45, 7) is 10.7. The van der Waals surface area contributed by atoms with Crippen molar-refractivity contribution >= 4 is 0 Å². The summed E-state index contributed by atoms with van der Waals surface area (Å²) in [5.41, 5.74) is 0.160. The van der Waals surface area contributed by atoms with Crippen LogP contribution in [-0.4, -0.2) is 41.0 Å². The Balaban J connectivity index is 1.53. The van der Waals surface area contributed by atoms with Crippen LogP contribution in [0.5, 0.6) is 0 Å². The molecule has 3 nitrogen and oxygen atoms in total. The number of hydrogen-bond donors (Lipinski definition) is 0. The number of rotatable bonds is 0. The highest BCUT2D eigenvalue weighted by atomic mass is 16.6. The van der Waals surface area contributed by atoms with Gasteiger partial charge in [0.1, 0.15) is 11.8 Å². The molecule has 0 unspecified atom stereocenters. The van der Waals surface area contributed by atoms with Crippen molar-refractivity contribution in [1.29, 1.82) is 0 Å². The topological polar surface area (TPSA) is 21.7 Å². The highest BCUT2D eigenvalue weighted by molar-refractivity contribution is 5.29. The predicted octanol–water partition coefficient (Wildman–Crippen LogP) is 3.20. The van der Waals surface area contributed by atoms with Crippen LogP contribution >= 0.6 is 0 Å². The van der Waals surface area contributed by atoms with Gasteiger partial charge in [-0.2, -0.15) is 0 Å². The van der Waals surface area contributed by atoms with Crippen LogP contribution in [0.1, 0.15) is 47.0 Å². The second-order valence-corrected chi connectivity index (χ2v) is 9.15. The van der Waals surface area contributed by atoms with E-state index in [1.807, 2.05) is 0 Å². The van der Waals surface area contributed by atoms with E-state index < -0.39 is 0 Å². The minimum absolute atomic E-state index is 0.0644. The molecular formula is C19H29NO2. The van der Waals surface area contributed by atoms with Crippen molar-refractivity contribution in [2.24, 2.45) is 23.7 Å². The molecule has 2 bridgehead atoms. The van der Waals surface area contributed by atoms with Gasteiger partial charge in [0, 0.05) is 23.9 Å². The molecule has 0 aromatic rings. The highest BCUT2D eigenvalue weighted by Gasteiger charge is 2.68. The zero-order chi connectivity index (χ0) is 15.3. The maximum Gasteiger partial charge on any atom is 0.117 e. The molecule has 0 aromatic carbocycles. The van der Waals surface area contributed by atoms with E-state index in [9.17, 15) is 0 Å². The van der Waals surface area contributed by atoms with Crippen molar-refractivity contribution in [1.82, 2.24) is 4.90 Å². The first kappa shape index (κ1) is 14.0. The lowest BCUT2D eigenvalue weighted by Crippen LogP contribution is -2.63. The summed E-state index contributed by atoms with van der Waals surface area (Å²) >= 11 is 0. The number of ether oxygens (including phenoxy) is 2. The molecule has 4 aliphatic heterocycles. The fourth-order valence-corrected chi connectivity index (χ4v) is 6.33. The maximum absolute atomic E-state index is 6.76. The second kappa shape index (κ2) is 4.17. The molecule has 0 radical (unpaired) electrons. The molecule has 5 rings (SSSR count). The third-order valence-electron chi connectivity index (χ3n) is 7.62. The lowest BCUT2D eigenvalue weighted by molar-refractivity contribution is -0.232. The van der Waals surface area contributed by atoms with E-state index >= 15 is 0 Å². The van der Waals surface area contributed by atoms with Crippen LogP contribution in [0.3, 0.4) is 0 Å². The molecule has 4 fully saturated rings. The Morgan fingerprint density at radius 3 is 2.82 bits per heavy atom. The Morgan fingerprint density at radius 1 is 1.18 bits per heavy atom. The molecule has 1 saturated carbocycles. The van der Waals surface area contributed by atoms with E-state index in [0.717, 1.165) is 12.5 Å². The number of nitrogens with zero attached hydrogens (tertiary/aromatic N) is 1. The van der Waals surface area contributed by atoms with Crippen LogP contribution in [0.4, 0.5) is 0 Å². The zero-order valence-corrected chi connectivity index (χ0v) is 14.3. The largest absolute Gasteiger partial charge is 0.362 e. The van der Waals surface area contributed by atoms with Gasteiger partial charge >= 0.3 is 0 Å². The van der Waals surface area contributed by atoms with Gasteiger partial charge in [-0.05, 0) is 38.5 Å². The maximum atomic E-state index is 6.76. The average Bonchev–Trinajstić information content (AvgIpc) is 3.08. The number of hydrogen-bond acceptors (Lipinski definition) is 3. The SMILES string of the molecule is C[C@@H]1CC[C@@H]2[C@@H](C1)O[C@H]1[C@@H]3[C@@H](C)[C@H]4C=C[C@]3(CN1C2(C)C)O4. The molecule has 0 amide bonds. The first-order valence-corrected chi connectivity index (χ1v) is 9.22. The van der Waals surface area contributed by atoms with Gasteiger partial charge in [0.2, 0.25) is 0 Å². The summed E-state index contributed by atoms with van der Waals surface area (Å²) in [6, 6.07) is 0. The van der Waals surface area contributed by atoms with Crippen LogP contribution in [0, 0.1) is 23.7 Å². The zero-order valence-electron chi connectivity index (χ0n) is 14.3. The van der Waals surface area contributed by atoms with Crippen molar-refractivity contribution in [3.63, 3.8) is 0 Å². The summed E-state index contributed by atoms with van der Waals surface area (Å²) in [5.74, 6) is 2.58. The smallest absolute Gasteiger partial charge is 0.117 e. The molecule has 0 N–H and O–H groups in total. The van der Waals surface area contributed by atoms with E-state index in [1.54, 1.807) is 0 Å². The van der Waals surface area contributed by atoms with Gasteiger partial charge in [-0.25, -0.2) is 0 Å². The first-order chi connectivity index (χ1) is 10.4. The predicted molar refractivity (Wildman–Crippen MR) is 85.3 cm³/mol. The summed E-state index contributed by atoms with van der Waals surface area (Å²) in [5, 5.41) is 0. The summed E-state index contributed by atoms with van der Waals surface area (Å²) in [7, 11) is 0. The monoisotopic (exact) mass is 303 g/mol. The van der Waals surface area contributed by atoms with Gasteiger partial charge in [-0.3, -0.25) is 4.90 Å². The van der Waals surface area contributed by atoms with Gasteiger partial charge in [0.05, 0.1) is 12.2 Å². The third-order valence-corrected chi connectivity index (χ3v) is 7.62. The molecule has 1 aliphatic carbocycles. The first-order valence-electron chi connectivity index (χ1n) is 9.22. The van der Waals surface area contributed by atoms with Crippen molar-refractivity contribution < 1.29 is 9.47 Å². The van der Waals surface area contributed by atoms with Crippen molar-refractivity contribution in [3.8, 4) is 0 Å². The van der Waals surface area contributed by atoms with Crippen LogP contribution < -0.4 is 0 Å². The lowest BCUT2D eigenvalue weighted by atomic mass is 9.69. The fraction of sp³-hybridized carbons (Fsp3) is 0.895. The van der Waals surface area contributed by atoms with Crippen molar-refractivity contribution in [2.45, 2.75) is 76.5 Å². The minimum Gasteiger partial charge on any atom is -0.362 e. The van der Waals surface area contributed by atoms with Gasteiger partial charge in [0.25, 0.3) is 0 Å². The standard InChI is InChI=1S/C19H29NO2/c1-11-5-6-13-15(9-11)21-17-16-12(2)14-7-8-19(16,22-14)10-20(17)18(13,3)4/h7-8,11-17H,5-6,9-10H2,1-4H3/t11-,12+,13-,14-,15-,16+,17+,19-/m1/s1.